The van der Waals surface area contributed by atoms with E-state index in [1.165, 1.54) is 10.5 Å². The Balaban J connectivity index is 0.00000220. The van der Waals surface area contributed by atoms with Crippen LogP contribution in [-0.2, 0) is 11.3 Å². The van der Waals surface area contributed by atoms with E-state index < -0.39 is 0 Å². The number of hydrogen-bond donors (Lipinski definition) is 1. The lowest BCUT2D eigenvalue weighted by Gasteiger charge is -2.24. The Hall–Kier alpha value is -0.480. The van der Waals surface area contributed by atoms with Crippen molar-refractivity contribution < 1.29 is 26.8 Å². The minimum absolute atomic E-state index is 0. The molecule has 0 unspecified atom stereocenters. The van der Waals surface area contributed by atoms with Crippen LogP contribution in [0.5, 0.6) is 5.75 Å². The zero-order chi connectivity index (χ0) is 14.4. The van der Waals surface area contributed by atoms with E-state index in [0.717, 1.165) is 56.6 Å². The lowest BCUT2D eigenvalue weighted by Crippen LogP contribution is -3.12. The number of hydrogen-bond acceptors (Lipinski definition) is 2. The number of benzene rings is 1. The van der Waals surface area contributed by atoms with Crippen molar-refractivity contribution in [3.63, 3.8) is 0 Å². The van der Waals surface area contributed by atoms with Crippen molar-refractivity contribution >= 4 is 11.6 Å². The van der Waals surface area contributed by atoms with Crippen molar-refractivity contribution in [3.05, 3.63) is 28.8 Å². The Labute approximate surface area is 139 Å². The molecule has 21 heavy (non-hydrogen) atoms. The summed E-state index contributed by atoms with van der Waals surface area (Å²) in [4.78, 5) is 1.53. The van der Waals surface area contributed by atoms with E-state index in [2.05, 4.69) is 13.8 Å². The summed E-state index contributed by atoms with van der Waals surface area (Å²) in [6.07, 6.45) is 1.08. The van der Waals surface area contributed by atoms with Gasteiger partial charge in [0.2, 0.25) is 0 Å². The summed E-state index contributed by atoms with van der Waals surface area (Å²) >= 11 is 6.13. The van der Waals surface area contributed by atoms with Crippen LogP contribution in [0.15, 0.2) is 18.2 Å². The van der Waals surface area contributed by atoms with Crippen molar-refractivity contribution in [1.29, 1.82) is 0 Å². The van der Waals surface area contributed by atoms with Gasteiger partial charge in [-0.05, 0) is 30.5 Å². The first-order valence-corrected chi connectivity index (χ1v) is 7.85. The number of ether oxygens (including phenoxy) is 2. The fourth-order valence-electron chi connectivity index (χ4n) is 2.34. The second-order valence-corrected chi connectivity index (χ2v) is 6.26. The zero-order valence-corrected chi connectivity index (χ0v) is 14.3. The van der Waals surface area contributed by atoms with E-state index in [0.29, 0.717) is 5.92 Å². The zero-order valence-electron chi connectivity index (χ0n) is 12.8. The van der Waals surface area contributed by atoms with Gasteiger partial charge in [0.05, 0.1) is 19.8 Å². The molecule has 1 saturated heterocycles. The predicted molar refractivity (Wildman–Crippen MR) is 81.6 cm³/mol. The molecule has 2 rings (SSSR count). The summed E-state index contributed by atoms with van der Waals surface area (Å²) in [5.74, 6) is 1.64. The summed E-state index contributed by atoms with van der Waals surface area (Å²) < 4.78 is 11.3. The van der Waals surface area contributed by atoms with Crippen molar-refractivity contribution in [2.75, 3.05) is 32.9 Å². The monoisotopic (exact) mass is 333 g/mol. The van der Waals surface area contributed by atoms with Gasteiger partial charge in [0, 0.05) is 10.6 Å². The van der Waals surface area contributed by atoms with Gasteiger partial charge in [-0.3, -0.25) is 0 Å². The largest absolute Gasteiger partial charge is 1.00 e. The Morgan fingerprint density at radius 1 is 1.29 bits per heavy atom. The molecule has 0 saturated carbocycles. The molecule has 1 heterocycles. The van der Waals surface area contributed by atoms with Crippen molar-refractivity contribution in [1.82, 2.24) is 0 Å². The topological polar surface area (TPSA) is 22.9 Å². The SMILES string of the molecule is CC(C)CCOc1ccc(Cl)cc1C[NH+]1CCOCC1.[Cl-]. The average molecular weight is 334 g/mol. The highest BCUT2D eigenvalue weighted by Gasteiger charge is 2.17. The van der Waals surface area contributed by atoms with Gasteiger partial charge >= 0.3 is 0 Å². The van der Waals surface area contributed by atoms with Gasteiger partial charge in [0.15, 0.2) is 0 Å². The molecule has 120 valence electrons. The first-order chi connectivity index (χ1) is 9.65. The maximum absolute atomic E-state index is 6.13. The molecular weight excluding hydrogens is 309 g/mol. The maximum atomic E-state index is 6.13. The van der Waals surface area contributed by atoms with Gasteiger partial charge in [-0.15, -0.1) is 0 Å². The van der Waals surface area contributed by atoms with Crippen LogP contribution in [0.25, 0.3) is 0 Å². The third-order valence-corrected chi connectivity index (χ3v) is 3.85. The number of quaternary nitrogens is 1. The fraction of sp³-hybridized carbons (Fsp3) is 0.625. The van der Waals surface area contributed by atoms with Crippen LogP contribution in [0.3, 0.4) is 0 Å². The quantitative estimate of drug-likeness (QED) is 0.735. The van der Waals surface area contributed by atoms with E-state index in [4.69, 9.17) is 21.1 Å². The van der Waals surface area contributed by atoms with Crippen LogP contribution in [0.2, 0.25) is 5.02 Å². The third kappa shape index (κ3) is 6.43. The van der Waals surface area contributed by atoms with E-state index in [9.17, 15) is 0 Å². The van der Waals surface area contributed by atoms with Gasteiger partial charge in [-0.2, -0.15) is 0 Å². The molecule has 1 aromatic carbocycles. The Morgan fingerprint density at radius 3 is 2.67 bits per heavy atom. The van der Waals surface area contributed by atoms with E-state index in [1.54, 1.807) is 0 Å². The minimum Gasteiger partial charge on any atom is -1.00 e. The van der Waals surface area contributed by atoms with E-state index >= 15 is 0 Å². The Kier molecular flexibility index (Phi) is 8.42. The summed E-state index contributed by atoms with van der Waals surface area (Å²) in [6, 6.07) is 5.94. The van der Waals surface area contributed by atoms with Crippen molar-refractivity contribution in [2.45, 2.75) is 26.8 Å². The first-order valence-electron chi connectivity index (χ1n) is 7.47. The van der Waals surface area contributed by atoms with E-state index in [-0.39, 0.29) is 12.4 Å². The fourth-order valence-corrected chi connectivity index (χ4v) is 2.53. The predicted octanol–water partition coefficient (Wildman–Crippen LogP) is -0.816. The number of rotatable bonds is 6. The van der Waals surface area contributed by atoms with Crippen LogP contribution in [0.4, 0.5) is 0 Å². The maximum Gasteiger partial charge on any atom is 0.128 e. The second-order valence-electron chi connectivity index (χ2n) is 5.82. The lowest BCUT2D eigenvalue weighted by atomic mass is 10.1. The van der Waals surface area contributed by atoms with Gasteiger partial charge < -0.3 is 26.8 Å². The number of nitrogens with one attached hydrogen (secondary N) is 1. The molecule has 3 nitrogen and oxygen atoms in total. The molecule has 0 radical (unpaired) electrons. The molecule has 0 atom stereocenters. The molecule has 1 fully saturated rings. The smallest absolute Gasteiger partial charge is 0.128 e. The summed E-state index contributed by atoms with van der Waals surface area (Å²) in [5, 5.41) is 0.781. The first kappa shape index (κ1) is 18.6. The summed E-state index contributed by atoms with van der Waals surface area (Å²) in [6.45, 7) is 9.95. The highest BCUT2D eigenvalue weighted by Crippen LogP contribution is 2.23. The standard InChI is InChI=1S/C16H24ClNO2.ClH/c1-13(2)5-8-20-16-4-3-15(17)11-14(16)12-18-6-9-19-10-7-18;/h3-4,11,13H,5-10,12H2,1-2H3;1H. The lowest BCUT2D eigenvalue weighted by molar-refractivity contribution is -0.921. The van der Waals surface area contributed by atoms with Crippen LogP contribution >= 0.6 is 11.6 Å². The van der Waals surface area contributed by atoms with Gasteiger partial charge in [0.1, 0.15) is 25.4 Å². The van der Waals surface area contributed by atoms with Crippen LogP contribution in [0.1, 0.15) is 25.8 Å². The molecule has 5 heteroatoms. The van der Waals surface area contributed by atoms with Gasteiger partial charge in [-0.1, -0.05) is 25.4 Å². The normalized spacial score (nSPS) is 15.8. The van der Waals surface area contributed by atoms with E-state index in [1.807, 2.05) is 18.2 Å². The second kappa shape index (κ2) is 9.52. The highest BCUT2D eigenvalue weighted by atomic mass is 35.5. The molecule has 0 aromatic heterocycles. The van der Waals surface area contributed by atoms with Gasteiger partial charge in [-0.25, -0.2) is 0 Å². The van der Waals surface area contributed by atoms with Crippen molar-refractivity contribution in [3.8, 4) is 5.75 Å². The van der Waals surface area contributed by atoms with Crippen LogP contribution in [-0.4, -0.2) is 32.9 Å². The van der Waals surface area contributed by atoms with Gasteiger partial charge in [0.25, 0.3) is 0 Å². The highest BCUT2D eigenvalue weighted by molar-refractivity contribution is 6.30. The number of morpholine rings is 1. The molecular formula is C16H25Cl2NO2. The summed E-state index contributed by atoms with van der Waals surface area (Å²) in [7, 11) is 0. The molecule has 0 bridgehead atoms. The van der Waals surface area contributed by atoms with Crippen LogP contribution in [0, 0.1) is 5.92 Å². The molecule has 1 N–H and O–H groups in total. The average Bonchev–Trinajstić information content (AvgIpc) is 2.42. The minimum atomic E-state index is 0. The molecule has 0 aliphatic carbocycles. The molecule has 0 spiro atoms. The van der Waals surface area contributed by atoms with Crippen LogP contribution < -0.4 is 22.0 Å². The molecule has 1 aliphatic rings. The molecule has 1 aromatic rings. The number of halogens is 2. The third-order valence-electron chi connectivity index (χ3n) is 3.62. The Morgan fingerprint density at radius 2 is 2.00 bits per heavy atom. The Bertz CT molecular complexity index is 421. The summed E-state index contributed by atoms with van der Waals surface area (Å²) in [5.41, 5.74) is 1.21. The van der Waals surface area contributed by atoms with Crippen molar-refractivity contribution in [2.24, 2.45) is 5.92 Å². The molecule has 0 amide bonds. The molecule has 1 aliphatic heterocycles.